The van der Waals surface area contributed by atoms with Gasteiger partial charge in [-0.05, 0) is 72.0 Å². The monoisotopic (exact) mass is 436 g/mol. The largest absolute Gasteiger partial charge is 0.355 e. The Hall–Kier alpha value is -4.30. The van der Waals surface area contributed by atoms with Gasteiger partial charge in [-0.2, -0.15) is 0 Å². The lowest BCUT2D eigenvalue weighted by Gasteiger charge is -2.10. The molecule has 7 aromatic rings. The van der Waals surface area contributed by atoms with Crippen molar-refractivity contribution in [2.24, 2.45) is 0 Å². The third-order valence-electron chi connectivity index (χ3n) is 6.98. The average molecular weight is 437 g/mol. The zero-order chi connectivity index (χ0) is 22.6. The summed E-state index contributed by atoms with van der Waals surface area (Å²) in [6.07, 6.45) is 0.888. The zero-order valence-corrected chi connectivity index (χ0v) is 19.0. The fourth-order valence-electron chi connectivity index (χ4n) is 5.40. The molecule has 0 bridgehead atoms. The molecule has 0 fully saturated rings. The van der Waals surface area contributed by atoms with E-state index in [1.165, 1.54) is 71.4 Å². The number of hydrogen-bond donors (Lipinski definition) is 2. The topological polar surface area (TPSA) is 31.6 Å². The minimum absolute atomic E-state index is 0.888. The summed E-state index contributed by atoms with van der Waals surface area (Å²) in [6.45, 7) is 2.16. The highest BCUT2D eigenvalue weighted by Crippen LogP contribution is 2.36. The van der Waals surface area contributed by atoms with Crippen molar-refractivity contribution in [2.45, 2.75) is 13.3 Å². The predicted molar refractivity (Wildman–Crippen MR) is 145 cm³/mol. The van der Waals surface area contributed by atoms with Gasteiger partial charge in [-0.25, -0.2) is 0 Å². The third-order valence-corrected chi connectivity index (χ3v) is 6.98. The Labute approximate surface area is 197 Å². The number of hydrogen-bond acceptors (Lipinski definition) is 0. The molecule has 7 rings (SSSR count). The van der Waals surface area contributed by atoms with E-state index in [9.17, 15) is 0 Å². The van der Waals surface area contributed by atoms with E-state index < -0.39 is 0 Å². The summed E-state index contributed by atoms with van der Waals surface area (Å²) in [5.41, 5.74) is 11.2. The first-order valence-corrected chi connectivity index (χ1v) is 11.8. The molecule has 2 aromatic heterocycles. The Morgan fingerprint density at radius 3 is 2.12 bits per heavy atom. The molecule has 0 radical (unpaired) electrons. The number of para-hydroxylation sites is 1. The van der Waals surface area contributed by atoms with E-state index in [4.69, 9.17) is 0 Å². The molecule has 0 saturated heterocycles. The summed E-state index contributed by atoms with van der Waals surface area (Å²) < 4.78 is 0. The van der Waals surface area contributed by atoms with Gasteiger partial charge in [0.2, 0.25) is 0 Å². The van der Waals surface area contributed by atoms with Crippen LogP contribution in [0.3, 0.4) is 0 Å². The van der Waals surface area contributed by atoms with Crippen molar-refractivity contribution in [1.82, 2.24) is 9.97 Å². The van der Waals surface area contributed by atoms with E-state index in [1.54, 1.807) is 0 Å². The summed E-state index contributed by atoms with van der Waals surface area (Å²) in [5.74, 6) is 0. The molecular weight excluding hydrogens is 412 g/mol. The number of aromatic nitrogens is 2. The molecule has 34 heavy (non-hydrogen) atoms. The second-order valence-electron chi connectivity index (χ2n) is 9.33. The second-order valence-corrected chi connectivity index (χ2v) is 9.33. The molecular formula is C32H24N2. The van der Waals surface area contributed by atoms with E-state index in [0.717, 1.165) is 6.42 Å². The fourth-order valence-corrected chi connectivity index (χ4v) is 5.40. The number of rotatable bonds is 3. The first kappa shape index (κ1) is 19.2. The maximum atomic E-state index is 3.67. The van der Waals surface area contributed by atoms with E-state index in [2.05, 4.69) is 120 Å². The minimum Gasteiger partial charge on any atom is -0.355 e. The Kier molecular flexibility index (Phi) is 4.16. The number of nitrogens with one attached hydrogen (secondary N) is 2. The Bertz CT molecular complexity index is 1830. The van der Waals surface area contributed by atoms with Crippen LogP contribution in [0, 0.1) is 6.92 Å². The number of benzene rings is 5. The van der Waals surface area contributed by atoms with Crippen LogP contribution in [0.5, 0.6) is 0 Å². The van der Waals surface area contributed by atoms with Crippen LogP contribution in [0.15, 0.2) is 103 Å². The van der Waals surface area contributed by atoms with Crippen molar-refractivity contribution in [3.63, 3.8) is 0 Å². The summed E-state index contributed by atoms with van der Waals surface area (Å²) in [5, 5.41) is 5.17. The summed E-state index contributed by atoms with van der Waals surface area (Å²) in [7, 11) is 0. The normalized spacial score (nSPS) is 11.8. The summed E-state index contributed by atoms with van der Waals surface area (Å²) in [4.78, 5) is 7.23. The van der Waals surface area contributed by atoms with E-state index in [0.29, 0.717) is 0 Å². The van der Waals surface area contributed by atoms with E-state index >= 15 is 0 Å². The molecule has 0 atom stereocenters. The molecule has 0 aliphatic carbocycles. The maximum Gasteiger partial charge on any atom is 0.0474 e. The fraction of sp³-hybridized carbons (Fsp3) is 0.0625. The number of aryl methyl sites for hydroxylation is 1. The van der Waals surface area contributed by atoms with Crippen molar-refractivity contribution < 1.29 is 0 Å². The molecule has 2 heterocycles. The minimum atomic E-state index is 0.888. The van der Waals surface area contributed by atoms with Gasteiger partial charge < -0.3 is 9.97 Å². The Morgan fingerprint density at radius 1 is 0.529 bits per heavy atom. The van der Waals surface area contributed by atoms with Gasteiger partial charge in [-0.1, -0.05) is 72.3 Å². The molecule has 162 valence electrons. The lowest BCUT2D eigenvalue weighted by molar-refractivity contribution is 1.21. The second kappa shape index (κ2) is 7.36. The van der Waals surface area contributed by atoms with Crippen LogP contribution in [0.25, 0.3) is 54.7 Å². The van der Waals surface area contributed by atoms with Gasteiger partial charge in [0.15, 0.2) is 0 Å². The van der Waals surface area contributed by atoms with Crippen molar-refractivity contribution in [3.05, 3.63) is 120 Å². The van der Waals surface area contributed by atoms with Crippen LogP contribution < -0.4 is 0 Å². The van der Waals surface area contributed by atoms with Gasteiger partial charge >= 0.3 is 0 Å². The highest BCUT2D eigenvalue weighted by Gasteiger charge is 2.13. The predicted octanol–water partition coefficient (Wildman–Crippen LogP) is 8.52. The van der Waals surface area contributed by atoms with E-state index in [1.807, 2.05) is 0 Å². The van der Waals surface area contributed by atoms with E-state index in [-0.39, 0.29) is 0 Å². The molecule has 0 amide bonds. The Balaban J connectivity index is 1.40. The van der Waals surface area contributed by atoms with Crippen LogP contribution in [0.1, 0.15) is 16.7 Å². The number of aromatic amines is 2. The van der Waals surface area contributed by atoms with Crippen LogP contribution >= 0.6 is 0 Å². The smallest absolute Gasteiger partial charge is 0.0474 e. The van der Waals surface area contributed by atoms with Crippen molar-refractivity contribution >= 4 is 43.6 Å². The van der Waals surface area contributed by atoms with Gasteiger partial charge in [-0.15, -0.1) is 0 Å². The summed E-state index contributed by atoms with van der Waals surface area (Å²) in [6, 6.07) is 37.5. The third kappa shape index (κ3) is 3.03. The van der Waals surface area contributed by atoms with Crippen LogP contribution in [0.4, 0.5) is 0 Å². The molecule has 2 N–H and O–H groups in total. The van der Waals surface area contributed by atoms with Gasteiger partial charge in [0.1, 0.15) is 0 Å². The average Bonchev–Trinajstić information content (AvgIpc) is 3.42. The molecule has 0 saturated carbocycles. The van der Waals surface area contributed by atoms with Crippen molar-refractivity contribution in [1.29, 1.82) is 0 Å². The van der Waals surface area contributed by atoms with Crippen molar-refractivity contribution in [2.75, 3.05) is 0 Å². The van der Waals surface area contributed by atoms with Crippen LogP contribution in [-0.4, -0.2) is 9.97 Å². The molecule has 2 heteroatoms. The van der Waals surface area contributed by atoms with Crippen molar-refractivity contribution in [3.8, 4) is 11.1 Å². The lowest BCUT2D eigenvalue weighted by atomic mass is 9.94. The molecule has 0 spiro atoms. The number of fused-ring (bicyclic) bond motifs is 6. The van der Waals surface area contributed by atoms with Crippen LogP contribution in [0.2, 0.25) is 0 Å². The Morgan fingerprint density at radius 2 is 1.24 bits per heavy atom. The van der Waals surface area contributed by atoms with Gasteiger partial charge in [0.05, 0.1) is 0 Å². The highest BCUT2D eigenvalue weighted by molar-refractivity contribution is 6.14. The van der Waals surface area contributed by atoms with Gasteiger partial charge in [-0.3, -0.25) is 0 Å². The summed E-state index contributed by atoms with van der Waals surface area (Å²) >= 11 is 0. The molecule has 0 aliphatic heterocycles. The first-order chi connectivity index (χ1) is 16.7. The van der Waals surface area contributed by atoms with Gasteiger partial charge in [0.25, 0.3) is 0 Å². The SMILES string of the molecule is Cc1ccc2[nH]c3ccc(Cc4cc(-c5ccccc5)c5c(c4)[nH]c4ccccc45)cc3c2c1. The number of H-pyrrole nitrogens is 2. The van der Waals surface area contributed by atoms with Gasteiger partial charge in [0, 0.05) is 43.6 Å². The molecule has 0 unspecified atom stereocenters. The molecule has 5 aromatic carbocycles. The molecule has 2 nitrogen and oxygen atoms in total. The first-order valence-electron chi connectivity index (χ1n) is 11.8. The highest BCUT2D eigenvalue weighted by atomic mass is 14.7. The molecule has 0 aliphatic rings. The van der Waals surface area contributed by atoms with Crippen LogP contribution in [-0.2, 0) is 6.42 Å². The zero-order valence-electron chi connectivity index (χ0n) is 19.0. The lowest BCUT2D eigenvalue weighted by Crippen LogP contribution is -1.91. The quantitative estimate of drug-likeness (QED) is 0.278. The standard InChI is InChI=1S/C32H24N2/c1-20-11-13-29-26(15-20)27-17-21(12-14-30(27)33-29)16-22-18-25(23-7-3-2-4-8-23)32-24-9-5-6-10-28(24)34-31(32)19-22/h2-15,17-19,33-34H,16H2,1H3. The maximum absolute atomic E-state index is 3.67.